The Balaban J connectivity index is 2.80. The summed E-state index contributed by atoms with van der Waals surface area (Å²) in [6.45, 7) is 0. The van der Waals surface area contributed by atoms with Crippen molar-refractivity contribution in [3.05, 3.63) is 23.2 Å². The number of carboxylic acids is 1. The van der Waals surface area contributed by atoms with Gasteiger partial charge >= 0.3 is 5.97 Å². The van der Waals surface area contributed by atoms with Crippen molar-refractivity contribution in [2.75, 3.05) is 24.3 Å². The summed E-state index contributed by atoms with van der Waals surface area (Å²) >= 11 is 6.09. The minimum atomic E-state index is -0.981. The molecule has 1 amide bonds. The summed E-state index contributed by atoms with van der Waals surface area (Å²) in [5.41, 5.74) is 6.87. The number of carbonyl (C=O) groups is 2. The monoisotopic (exact) mass is 299 g/mol. The van der Waals surface area contributed by atoms with Crippen LogP contribution < -0.4 is 16.0 Å². The van der Waals surface area contributed by atoms with E-state index in [4.69, 9.17) is 22.4 Å². The summed E-state index contributed by atoms with van der Waals surface area (Å²) in [6.07, 6.45) is -0.0658. The highest BCUT2D eigenvalue weighted by molar-refractivity contribution is 6.34. The first-order valence-corrected chi connectivity index (χ1v) is 6.44. The van der Waals surface area contributed by atoms with Crippen molar-refractivity contribution >= 4 is 34.9 Å². The number of hydrogen-bond acceptors (Lipinski definition) is 4. The van der Waals surface area contributed by atoms with Gasteiger partial charge < -0.3 is 21.1 Å². The number of benzene rings is 1. The molecule has 110 valence electrons. The minimum Gasteiger partial charge on any atom is -0.481 e. The van der Waals surface area contributed by atoms with E-state index in [2.05, 4.69) is 5.32 Å². The Bertz CT molecular complexity index is 506. The predicted molar refractivity (Wildman–Crippen MR) is 79.3 cm³/mol. The van der Waals surface area contributed by atoms with Crippen LogP contribution in [0.2, 0.25) is 5.02 Å². The van der Waals surface area contributed by atoms with Crippen LogP contribution in [0.1, 0.15) is 12.8 Å². The number of aliphatic carboxylic acids is 1. The third kappa shape index (κ3) is 4.40. The first kappa shape index (κ1) is 16.3. The fraction of sp³-hybridized carbons (Fsp3) is 0.385. The lowest BCUT2D eigenvalue weighted by atomic mass is 10.1. The van der Waals surface area contributed by atoms with E-state index in [-0.39, 0.29) is 12.8 Å². The second-order valence-electron chi connectivity index (χ2n) is 4.56. The van der Waals surface area contributed by atoms with Gasteiger partial charge in [-0.2, -0.15) is 0 Å². The zero-order valence-corrected chi connectivity index (χ0v) is 12.1. The highest BCUT2D eigenvalue weighted by atomic mass is 35.5. The van der Waals surface area contributed by atoms with Crippen molar-refractivity contribution in [1.82, 2.24) is 0 Å². The van der Waals surface area contributed by atoms with Gasteiger partial charge in [-0.1, -0.05) is 17.7 Å². The quantitative estimate of drug-likeness (QED) is 0.740. The van der Waals surface area contributed by atoms with E-state index >= 15 is 0 Å². The van der Waals surface area contributed by atoms with Crippen molar-refractivity contribution in [2.24, 2.45) is 5.73 Å². The van der Waals surface area contributed by atoms with Crippen LogP contribution in [0, 0.1) is 0 Å². The molecule has 20 heavy (non-hydrogen) atoms. The van der Waals surface area contributed by atoms with Crippen LogP contribution in [-0.2, 0) is 9.59 Å². The van der Waals surface area contributed by atoms with Crippen LogP contribution in [0.4, 0.5) is 11.4 Å². The maximum atomic E-state index is 11.9. The molecule has 1 unspecified atom stereocenters. The summed E-state index contributed by atoms with van der Waals surface area (Å²) in [7, 11) is 3.61. The predicted octanol–water partition coefficient (Wildman–Crippen LogP) is 1.54. The fourth-order valence-corrected chi connectivity index (χ4v) is 2.05. The van der Waals surface area contributed by atoms with Crippen molar-refractivity contribution in [3.63, 3.8) is 0 Å². The molecule has 4 N–H and O–H groups in total. The molecule has 0 saturated carbocycles. The van der Waals surface area contributed by atoms with E-state index in [1.54, 1.807) is 37.2 Å². The maximum absolute atomic E-state index is 11.9. The number of nitrogens with one attached hydrogen (secondary N) is 1. The molecule has 1 aromatic carbocycles. The standard InChI is InChI=1S/C13H18ClN3O3/c1-17(2)12-8(14)4-3-5-10(12)16-13(20)9(15)6-7-11(18)19/h3-5,9H,6-7,15H2,1-2H3,(H,16,20)(H,18,19). The Labute approximate surface area is 122 Å². The summed E-state index contributed by atoms with van der Waals surface area (Å²) in [6, 6.07) is 4.27. The number of halogens is 1. The number of anilines is 2. The molecule has 0 fully saturated rings. The fourth-order valence-electron chi connectivity index (χ4n) is 1.71. The molecular weight excluding hydrogens is 282 g/mol. The zero-order chi connectivity index (χ0) is 15.3. The van der Waals surface area contributed by atoms with Crippen LogP contribution in [0.3, 0.4) is 0 Å². The molecule has 1 atom stereocenters. The molecule has 0 aliphatic carbocycles. The number of nitrogens with two attached hydrogens (primary N) is 1. The number of amides is 1. The molecule has 0 saturated heterocycles. The second kappa shape index (κ2) is 7.12. The van der Waals surface area contributed by atoms with Gasteiger partial charge in [-0.15, -0.1) is 0 Å². The summed E-state index contributed by atoms with van der Waals surface area (Å²) in [5, 5.41) is 11.8. The van der Waals surface area contributed by atoms with E-state index in [0.29, 0.717) is 16.4 Å². The first-order valence-electron chi connectivity index (χ1n) is 6.07. The van der Waals surface area contributed by atoms with Gasteiger partial charge in [0.1, 0.15) is 0 Å². The van der Waals surface area contributed by atoms with Gasteiger partial charge in [-0.3, -0.25) is 9.59 Å². The van der Waals surface area contributed by atoms with Crippen molar-refractivity contribution < 1.29 is 14.7 Å². The van der Waals surface area contributed by atoms with Crippen LogP contribution in [0.5, 0.6) is 0 Å². The Morgan fingerprint density at radius 2 is 2.10 bits per heavy atom. The number of nitrogens with zero attached hydrogens (tertiary/aromatic N) is 1. The molecule has 6 nitrogen and oxygen atoms in total. The zero-order valence-electron chi connectivity index (χ0n) is 11.4. The summed E-state index contributed by atoms with van der Waals surface area (Å²) < 4.78 is 0. The number of hydrogen-bond donors (Lipinski definition) is 3. The van der Waals surface area contributed by atoms with E-state index in [1.807, 2.05) is 0 Å². The third-order valence-electron chi connectivity index (χ3n) is 2.70. The van der Waals surface area contributed by atoms with Gasteiger partial charge in [0.05, 0.1) is 22.4 Å². The Morgan fingerprint density at radius 1 is 1.45 bits per heavy atom. The molecule has 0 spiro atoms. The highest BCUT2D eigenvalue weighted by Gasteiger charge is 2.17. The van der Waals surface area contributed by atoms with Gasteiger partial charge in [0.15, 0.2) is 0 Å². The second-order valence-corrected chi connectivity index (χ2v) is 4.97. The largest absolute Gasteiger partial charge is 0.481 e. The summed E-state index contributed by atoms with van der Waals surface area (Å²) in [5.74, 6) is -1.42. The molecule has 1 aromatic rings. The molecule has 1 rings (SSSR count). The van der Waals surface area contributed by atoms with Gasteiger partial charge in [0, 0.05) is 20.5 Å². The molecule has 7 heteroatoms. The van der Waals surface area contributed by atoms with Gasteiger partial charge in [-0.05, 0) is 18.6 Å². The van der Waals surface area contributed by atoms with Gasteiger partial charge in [0.2, 0.25) is 5.91 Å². The average Bonchev–Trinajstić information content (AvgIpc) is 2.35. The van der Waals surface area contributed by atoms with E-state index in [9.17, 15) is 9.59 Å². The molecule has 0 aliphatic heterocycles. The SMILES string of the molecule is CN(C)c1c(Cl)cccc1NC(=O)C(N)CCC(=O)O. The van der Waals surface area contributed by atoms with E-state index in [1.165, 1.54) is 0 Å². The molecule has 0 aliphatic rings. The molecule has 0 aromatic heterocycles. The smallest absolute Gasteiger partial charge is 0.303 e. The maximum Gasteiger partial charge on any atom is 0.303 e. The molecule has 0 radical (unpaired) electrons. The molecular formula is C13H18ClN3O3. The molecule has 0 heterocycles. The van der Waals surface area contributed by atoms with Crippen LogP contribution in [0.25, 0.3) is 0 Å². The van der Waals surface area contributed by atoms with Crippen LogP contribution in [-0.4, -0.2) is 37.1 Å². The van der Waals surface area contributed by atoms with Gasteiger partial charge in [0.25, 0.3) is 0 Å². The minimum absolute atomic E-state index is 0.0824. The topological polar surface area (TPSA) is 95.7 Å². The van der Waals surface area contributed by atoms with E-state index in [0.717, 1.165) is 0 Å². The lowest BCUT2D eigenvalue weighted by Gasteiger charge is -2.20. The average molecular weight is 300 g/mol. The Hall–Kier alpha value is -1.79. The lowest BCUT2D eigenvalue weighted by molar-refractivity contribution is -0.137. The van der Waals surface area contributed by atoms with Crippen LogP contribution in [0.15, 0.2) is 18.2 Å². The normalized spacial score (nSPS) is 11.8. The van der Waals surface area contributed by atoms with Crippen molar-refractivity contribution in [2.45, 2.75) is 18.9 Å². The number of carbonyl (C=O) groups excluding carboxylic acids is 1. The third-order valence-corrected chi connectivity index (χ3v) is 3.00. The van der Waals surface area contributed by atoms with E-state index < -0.39 is 17.9 Å². The van der Waals surface area contributed by atoms with Crippen molar-refractivity contribution in [1.29, 1.82) is 0 Å². The lowest BCUT2D eigenvalue weighted by Crippen LogP contribution is -2.36. The highest BCUT2D eigenvalue weighted by Crippen LogP contribution is 2.32. The van der Waals surface area contributed by atoms with Crippen molar-refractivity contribution in [3.8, 4) is 0 Å². The number of para-hydroxylation sites is 1. The first-order chi connectivity index (χ1) is 9.32. The number of carboxylic acid groups (broad SMARTS) is 1. The van der Waals surface area contributed by atoms with Crippen LogP contribution >= 0.6 is 11.6 Å². The Morgan fingerprint density at radius 3 is 2.65 bits per heavy atom. The summed E-state index contributed by atoms with van der Waals surface area (Å²) in [4.78, 5) is 24.2. The molecule has 0 bridgehead atoms. The number of rotatable bonds is 6. The van der Waals surface area contributed by atoms with Gasteiger partial charge in [-0.25, -0.2) is 0 Å². The Kier molecular flexibility index (Phi) is 5.79.